The predicted octanol–water partition coefficient (Wildman–Crippen LogP) is 2.48. The number of nitrogens with zero attached hydrogens (tertiary/aromatic N) is 4. The van der Waals surface area contributed by atoms with Gasteiger partial charge in [-0.05, 0) is 41.5 Å². The van der Waals surface area contributed by atoms with Crippen LogP contribution in [-0.2, 0) is 4.79 Å². The van der Waals surface area contributed by atoms with Crippen LogP contribution in [0.25, 0.3) is 0 Å². The Balaban J connectivity index is 1.42. The number of rotatable bonds is 5. The van der Waals surface area contributed by atoms with Crippen LogP contribution in [0.15, 0.2) is 23.4 Å². The first-order chi connectivity index (χ1) is 12.7. The van der Waals surface area contributed by atoms with Gasteiger partial charge in [0, 0.05) is 5.56 Å². The molecular formula is C17H19N5O3S. The molecule has 1 aliphatic heterocycles. The summed E-state index contributed by atoms with van der Waals surface area (Å²) in [5, 5.41) is 15.4. The van der Waals surface area contributed by atoms with Gasteiger partial charge in [0.05, 0.1) is 17.5 Å². The number of ether oxygens (including phenoxy) is 1. The highest BCUT2D eigenvalue weighted by atomic mass is 32.2. The van der Waals surface area contributed by atoms with E-state index in [4.69, 9.17) is 4.74 Å². The van der Waals surface area contributed by atoms with Gasteiger partial charge in [0.15, 0.2) is 12.4 Å². The number of ketones is 1. The predicted molar refractivity (Wildman–Crippen MR) is 95.6 cm³/mol. The maximum atomic E-state index is 12.5. The molecule has 1 aliphatic carbocycles. The lowest BCUT2D eigenvalue weighted by molar-refractivity contribution is -0.118. The summed E-state index contributed by atoms with van der Waals surface area (Å²) in [6.45, 7) is -0.0000293. The van der Waals surface area contributed by atoms with Crippen LogP contribution in [-0.4, -0.2) is 44.3 Å². The van der Waals surface area contributed by atoms with Gasteiger partial charge >= 0.3 is 0 Å². The zero-order chi connectivity index (χ0) is 17.9. The van der Waals surface area contributed by atoms with Crippen molar-refractivity contribution in [2.24, 2.45) is 0 Å². The van der Waals surface area contributed by atoms with Gasteiger partial charge in [-0.1, -0.05) is 31.0 Å². The Morgan fingerprint density at radius 1 is 1.31 bits per heavy atom. The number of amides is 1. The van der Waals surface area contributed by atoms with Crippen molar-refractivity contribution < 1.29 is 14.3 Å². The molecule has 0 bridgehead atoms. The van der Waals surface area contributed by atoms with Crippen LogP contribution in [0.5, 0.6) is 5.75 Å². The van der Waals surface area contributed by atoms with Crippen molar-refractivity contribution in [3.05, 3.63) is 23.8 Å². The molecule has 2 aliphatic rings. The monoisotopic (exact) mass is 373 g/mol. The third-order valence-electron chi connectivity index (χ3n) is 4.65. The van der Waals surface area contributed by atoms with E-state index in [9.17, 15) is 9.59 Å². The van der Waals surface area contributed by atoms with Crippen LogP contribution in [0, 0.1) is 0 Å². The molecule has 1 aromatic carbocycles. The number of carbonyl (C=O) groups is 2. The van der Waals surface area contributed by atoms with E-state index in [-0.39, 0.29) is 24.1 Å². The van der Waals surface area contributed by atoms with Crippen LogP contribution in [0.4, 0.5) is 5.69 Å². The number of nitrogens with one attached hydrogen (secondary N) is 1. The van der Waals surface area contributed by atoms with E-state index >= 15 is 0 Å². The average Bonchev–Trinajstić information content (AvgIpc) is 3.15. The summed E-state index contributed by atoms with van der Waals surface area (Å²) in [4.78, 5) is 24.0. The maximum Gasteiger partial charge on any atom is 0.262 e. The molecule has 0 saturated heterocycles. The van der Waals surface area contributed by atoms with Crippen LogP contribution < -0.4 is 10.1 Å². The summed E-state index contributed by atoms with van der Waals surface area (Å²) in [7, 11) is 0. The molecular weight excluding hydrogens is 354 g/mol. The quantitative estimate of drug-likeness (QED) is 0.635. The molecule has 136 valence electrons. The fraction of sp³-hybridized carbons (Fsp3) is 0.471. The number of hydrogen-bond donors (Lipinski definition) is 1. The van der Waals surface area contributed by atoms with E-state index in [0.29, 0.717) is 28.2 Å². The lowest BCUT2D eigenvalue weighted by Crippen LogP contribution is -2.25. The van der Waals surface area contributed by atoms with Crippen LogP contribution in [0.2, 0.25) is 0 Å². The number of fused-ring (bicyclic) bond motifs is 1. The van der Waals surface area contributed by atoms with E-state index in [1.165, 1.54) is 31.0 Å². The van der Waals surface area contributed by atoms with Crippen molar-refractivity contribution in [2.75, 3.05) is 17.7 Å². The zero-order valence-electron chi connectivity index (χ0n) is 14.2. The van der Waals surface area contributed by atoms with E-state index < -0.39 is 0 Å². The second kappa shape index (κ2) is 7.45. The molecule has 8 nitrogen and oxygen atoms in total. The van der Waals surface area contributed by atoms with Gasteiger partial charge < -0.3 is 10.1 Å². The number of aromatic nitrogens is 4. The standard InChI is InChI=1S/C17H19N5O3S/c23-14(11-6-7-15-13(8-11)18-16(24)9-25-15)10-26-17-19-20-21-22(17)12-4-2-1-3-5-12/h6-8,12H,1-5,9-10H2,(H,18,24). The van der Waals surface area contributed by atoms with Gasteiger partial charge in [-0.2, -0.15) is 0 Å². The second-order valence-corrected chi connectivity index (χ2v) is 7.40. The Bertz CT molecular complexity index is 832. The Hall–Kier alpha value is -2.42. The third-order valence-corrected chi connectivity index (χ3v) is 5.58. The smallest absolute Gasteiger partial charge is 0.262 e. The number of tetrazole rings is 1. The number of Topliss-reactive ketones (excluding diaryl/α,β-unsaturated/α-hetero) is 1. The normalized spacial score (nSPS) is 17.3. The van der Waals surface area contributed by atoms with E-state index in [0.717, 1.165) is 12.8 Å². The average molecular weight is 373 g/mol. The molecule has 2 heterocycles. The SMILES string of the molecule is O=C1COc2ccc(C(=O)CSc3nnnn3C3CCCCC3)cc2N1. The lowest BCUT2D eigenvalue weighted by atomic mass is 9.96. The molecule has 1 fully saturated rings. The Morgan fingerprint density at radius 3 is 3.00 bits per heavy atom. The van der Waals surface area contributed by atoms with E-state index in [1.54, 1.807) is 18.2 Å². The first-order valence-corrected chi connectivity index (χ1v) is 9.70. The molecule has 1 amide bonds. The molecule has 1 aromatic heterocycles. The minimum Gasteiger partial charge on any atom is -0.482 e. The first kappa shape index (κ1) is 17.0. The van der Waals surface area contributed by atoms with Crippen LogP contribution in [0.3, 0.4) is 0 Å². The van der Waals surface area contributed by atoms with Gasteiger partial charge in [-0.25, -0.2) is 4.68 Å². The highest BCUT2D eigenvalue weighted by Crippen LogP contribution is 2.31. The summed E-state index contributed by atoms with van der Waals surface area (Å²) in [5.41, 5.74) is 1.06. The summed E-state index contributed by atoms with van der Waals surface area (Å²) in [6.07, 6.45) is 5.80. The highest BCUT2D eigenvalue weighted by molar-refractivity contribution is 7.99. The summed E-state index contributed by atoms with van der Waals surface area (Å²) in [5.74, 6) is 0.551. The van der Waals surface area contributed by atoms with Crippen molar-refractivity contribution in [3.63, 3.8) is 0 Å². The van der Waals surface area contributed by atoms with E-state index in [2.05, 4.69) is 20.8 Å². The molecule has 1 saturated carbocycles. The molecule has 0 spiro atoms. The second-order valence-electron chi connectivity index (χ2n) is 6.46. The van der Waals surface area contributed by atoms with Crippen molar-refractivity contribution >= 4 is 29.1 Å². The van der Waals surface area contributed by atoms with Crippen molar-refractivity contribution in [1.29, 1.82) is 0 Å². The Labute approximate surface area is 154 Å². The van der Waals surface area contributed by atoms with Gasteiger partial charge in [0.1, 0.15) is 5.75 Å². The molecule has 0 atom stereocenters. The number of hydrogen-bond acceptors (Lipinski definition) is 7. The number of carbonyl (C=O) groups excluding carboxylic acids is 2. The number of anilines is 1. The number of benzene rings is 1. The molecule has 9 heteroatoms. The lowest BCUT2D eigenvalue weighted by Gasteiger charge is -2.21. The Kier molecular flexibility index (Phi) is 4.87. The van der Waals surface area contributed by atoms with Gasteiger partial charge in [0.25, 0.3) is 5.91 Å². The van der Waals surface area contributed by atoms with E-state index in [1.807, 2.05) is 4.68 Å². The van der Waals surface area contributed by atoms with Crippen molar-refractivity contribution in [2.45, 2.75) is 43.3 Å². The summed E-state index contributed by atoms with van der Waals surface area (Å²) >= 11 is 1.35. The topological polar surface area (TPSA) is 99.0 Å². The van der Waals surface area contributed by atoms with Gasteiger partial charge in [-0.15, -0.1) is 5.10 Å². The fourth-order valence-electron chi connectivity index (χ4n) is 3.31. The molecule has 2 aromatic rings. The number of thioether (sulfide) groups is 1. The first-order valence-electron chi connectivity index (χ1n) is 8.71. The molecule has 0 unspecified atom stereocenters. The molecule has 1 N–H and O–H groups in total. The van der Waals surface area contributed by atoms with Crippen LogP contribution in [0.1, 0.15) is 48.5 Å². The highest BCUT2D eigenvalue weighted by Gasteiger charge is 2.22. The molecule has 26 heavy (non-hydrogen) atoms. The van der Waals surface area contributed by atoms with Crippen molar-refractivity contribution in [1.82, 2.24) is 20.2 Å². The summed E-state index contributed by atoms with van der Waals surface area (Å²) in [6, 6.07) is 5.40. The largest absolute Gasteiger partial charge is 0.482 e. The summed E-state index contributed by atoms with van der Waals surface area (Å²) < 4.78 is 7.17. The molecule has 4 rings (SSSR count). The Morgan fingerprint density at radius 2 is 2.15 bits per heavy atom. The van der Waals surface area contributed by atoms with Gasteiger partial charge in [-0.3, -0.25) is 9.59 Å². The van der Waals surface area contributed by atoms with Crippen LogP contribution >= 0.6 is 11.8 Å². The maximum absolute atomic E-state index is 12.5. The fourth-order valence-corrected chi connectivity index (χ4v) is 4.14. The minimum atomic E-state index is -0.219. The van der Waals surface area contributed by atoms with Gasteiger partial charge in [0.2, 0.25) is 5.16 Å². The minimum absolute atomic E-state index is 0.0000293. The van der Waals surface area contributed by atoms with Crippen molar-refractivity contribution in [3.8, 4) is 5.75 Å². The molecule has 0 radical (unpaired) electrons. The third kappa shape index (κ3) is 3.57. The zero-order valence-corrected chi connectivity index (χ0v) is 15.0.